The molecule has 0 N–H and O–H groups in total. The highest BCUT2D eigenvalue weighted by atomic mass is 16.5. The molecular weight excluding hydrogens is 240 g/mol. The molecule has 0 radical (unpaired) electrons. The second kappa shape index (κ2) is 5.87. The highest BCUT2D eigenvalue weighted by molar-refractivity contribution is 5.80. The van der Waals surface area contributed by atoms with Crippen LogP contribution in [0, 0.1) is 19.3 Å². The van der Waals surface area contributed by atoms with E-state index in [2.05, 4.69) is 11.0 Å². The second-order valence-electron chi connectivity index (χ2n) is 3.97. The summed E-state index contributed by atoms with van der Waals surface area (Å²) >= 11 is 0. The zero-order valence-corrected chi connectivity index (χ0v) is 10.7. The van der Waals surface area contributed by atoms with Gasteiger partial charge in [0, 0.05) is 6.42 Å². The zero-order chi connectivity index (χ0) is 13.7. The number of terminal acetylenes is 1. The molecule has 0 saturated carbocycles. The van der Waals surface area contributed by atoms with Crippen molar-refractivity contribution in [2.75, 3.05) is 6.61 Å². The van der Waals surface area contributed by atoms with E-state index < -0.39 is 0 Å². The quantitative estimate of drug-likeness (QED) is 0.467. The highest BCUT2D eigenvalue weighted by Crippen LogP contribution is 2.24. The minimum atomic E-state index is 0.356. The molecule has 96 valence electrons. The average Bonchev–Trinajstić information content (AvgIpc) is 2.76. The average molecular weight is 254 g/mol. The first-order valence-electron chi connectivity index (χ1n) is 5.94. The Morgan fingerprint density at radius 1 is 1.42 bits per heavy atom. The van der Waals surface area contributed by atoms with Crippen LogP contribution in [0.4, 0.5) is 0 Å². The number of ether oxygens (including phenoxy) is 1. The maximum atomic E-state index is 11.2. The van der Waals surface area contributed by atoms with Gasteiger partial charge in [0.05, 0.1) is 16.9 Å². The van der Waals surface area contributed by atoms with Crippen molar-refractivity contribution in [2.24, 2.45) is 0 Å². The van der Waals surface area contributed by atoms with Crippen molar-refractivity contribution in [2.45, 2.75) is 13.3 Å². The van der Waals surface area contributed by atoms with E-state index in [1.54, 1.807) is 11.6 Å². The predicted molar refractivity (Wildman–Crippen MR) is 72.6 cm³/mol. The van der Waals surface area contributed by atoms with Crippen LogP contribution in [-0.4, -0.2) is 22.7 Å². The van der Waals surface area contributed by atoms with Crippen molar-refractivity contribution in [3.05, 3.63) is 41.6 Å². The SMILES string of the molecule is C#CCCOc1c(C=O)c(C)nn1-c1ccccc1. The first-order chi connectivity index (χ1) is 9.27. The van der Waals surface area contributed by atoms with E-state index >= 15 is 0 Å². The molecule has 2 aromatic rings. The Labute approximate surface area is 112 Å². The lowest BCUT2D eigenvalue weighted by molar-refractivity contribution is 0.111. The fourth-order valence-electron chi connectivity index (χ4n) is 1.74. The van der Waals surface area contributed by atoms with Gasteiger partial charge in [0.25, 0.3) is 0 Å². The lowest BCUT2D eigenvalue weighted by Crippen LogP contribution is -2.05. The first-order valence-corrected chi connectivity index (χ1v) is 5.94. The number of carbonyl (C=O) groups is 1. The van der Waals surface area contributed by atoms with Crippen molar-refractivity contribution in [3.8, 4) is 23.9 Å². The van der Waals surface area contributed by atoms with Gasteiger partial charge in [-0.25, -0.2) is 4.68 Å². The molecule has 0 saturated heterocycles. The molecule has 19 heavy (non-hydrogen) atoms. The molecule has 0 fully saturated rings. The number of aryl methyl sites for hydroxylation is 1. The third-order valence-corrected chi connectivity index (χ3v) is 2.67. The number of hydrogen-bond donors (Lipinski definition) is 0. The van der Waals surface area contributed by atoms with Gasteiger partial charge in [0.2, 0.25) is 5.88 Å². The number of para-hydroxylation sites is 1. The molecule has 0 aliphatic carbocycles. The Morgan fingerprint density at radius 2 is 2.16 bits per heavy atom. The third-order valence-electron chi connectivity index (χ3n) is 2.67. The lowest BCUT2D eigenvalue weighted by atomic mass is 10.3. The van der Waals surface area contributed by atoms with Crippen LogP contribution in [0.3, 0.4) is 0 Å². The van der Waals surface area contributed by atoms with Gasteiger partial charge in [-0.1, -0.05) is 18.2 Å². The normalized spacial score (nSPS) is 9.89. The summed E-state index contributed by atoms with van der Waals surface area (Å²) in [7, 11) is 0. The number of hydrogen-bond acceptors (Lipinski definition) is 3. The van der Waals surface area contributed by atoms with Crippen molar-refractivity contribution in [1.82, 2.24) is 9.78 Å². The highest BCUT2D eigenvalue weighted by Gasteiger charge is 2.17. The van der Waals surface area contributed by atoms with Crippen molar-refractivity contribution < 1.29 is 9.53 Å². The van der Waals surface area contributed by atoms with E-state index in [1.807, 2.05) is 30.3 Å². The molecule has 0 bridgehead atoms. The number of aldehydes is 1. The summed E-state index contributed by atoms with van der Waals surface area (Å²) in [6.45, 7) is 2.13. The molecule has 4 nitrogen and oxygen atoms in total. The molecule has 0 unspecified atom stereocenters. The monoisotopic (exact) mass is 254 g/mol. The summed E-state index contributed by atoms with van der Waals surface area (Å²) in [5.41, 5.74) is 1.94. The van der Waals surface area contributed by atoms with Crippen LogP contribution in [0.15, 0.2) is 30.3 Å². The van der Waals surface area contributed by atoms with E-state index in [0.717, 1.165) is 12.0 Å². The van der Waals surface area contributed by atoms with Crippen LogP contribution in [0.25, 0.3) is 5.69 Å². The lowest BCUT2D eigenvalue weighted by Gasteiger charge is -2.08. The van der Waals surface area contributed by atoms with Crippen molar-refractivity contribution in [3.63, 3.8) is 0 Å². The van der Waals surface area contributed by atoms with Crippen LogP contribution in [0.1, 0.15) is 22.5 Å². The van der Waals surface area contributed by atoms with Gasteiger partial charge in [0.1, 0.15) is 6.61 Å². The summed E-state index contributed by atoms with van der Waals surface area (Å²) in [5.74, 6) is 2.94. The maximum Gasteiger partial charge on any atom is 0.227 e. The van der Waals surface area contributed by atoms with Crippen LogP contribution >= 0.6 is 0 Å². The van der Waals surface area contributed by atoms with Crippen LogP contribution in [-0.2, 0) is 0 Å². The fraction of sp³-hybridized carbons (Fsp3) is 0.200. The number of carbonyl (C=O) groups excluding carboxylic acids is 1. The van der Waals surface area contributed by atoms with Gasteiger partial charge in [-0.2, -0.15) is 5.10 Å². The van der Waals surface area contributed by atoms with E-state index in [1.165, 1.54) is 0 Å². The van der Waals surface area contributed by atoms with E-state index in [9.17, 15) is 4.79 Å². The second-order valence-corrected chi connectivity index (χ2v) is 3.97. The summed E-state index contributed by atoms with van der Waals surface area (Å²) in [6, 6.07) is 9.51. The zero-order valence-electron chi connectivity index (χ0n) is 10.7. The Bertz CT molecular complexity index is 609. The molecule has 0 amide bonds. The minimum absolute atomic E-state index is 0.356. The van der Waals surface area contributed by atoms with E-state index in [4.69, 9.17) is 11.2 Å². The van der Waals surface area contributed by atoms with E-state index in [0.29, 0.717) is 30.2 Å². The van der Waals surface area contributed by atoms with Gasteiger partial charge >= 0.3 is 0 Å². The molecule has 1 aromatic heterocycles. The Morgan fingerprint density at radius 3 is 2.79 bits per heavy atom. The summed E-state index contributed by atoms with van der Waals surface area (Å²) in [5, 5.41) is 4.34. The van der Waals surface area contributed by atoms with Gasteiger partial charge in [0.15, 0.2) is 6.29 Å². The summed E-state index contributed by atoms with van der Waals surface area (Å²) in [4.78, 5) is 11.2. The Hall–Kier alpha value is -2.54. The molecular formula is C15H14N2O2. The predicted octanol–water partition coefficient (Wildman–Crippen LogP) is 2.40. The molecule has 0 aliphatic rings. The topological polar surface area (TPSA) is 44.1 Å². The smallest absolute Gasteiger partial charge is 0.227 e. The molecule has 0 aliphatic heterocycles. The fourth-order valence-corrected chi connectivity index (χ4v) is 1.74. The Kier molecular flexibility index (Phi) is 3.99. The number of rotatable bonds is 5. The first kappa shape index (κ1) is 12.9. The van der Waals surface area contributed by atoms with Gasteiger partial charge in [-0.05, 0) is 19.1 Å². The van der Waals surface area contributed by atoms with Gasteiger partial charge in [-0.15, -0.1) is 12.3 Å². The third kappa shape index (κ3) is 2.66. The van der Waals surface area contributed by atoms with Gasteiger partial charge < -0.3 is 4.74 Å². The molecule has 1 heterocycles. The van der Waals surface area contributed by atoms with Crippen LogP contribution in [0.2, 0.25) is 0 Å². The van der Waals surface area contributed by atoms with Crippen molar-refractivity contribution in [1.29, 1.82) is 0 Å². The number of benzene rings is 1. The standard InChI is InChI=1S/C15H14N2O2/c1-3-4-10-19-15-14(11-18)12(2)16-17(15)13-8-6-5-7-9-13/h1,5-9,11H,4,10H2,2H3. The summed E-state index contributed by atoms with van der Waals surface area (Å²) < 4.78 is 7.22. The minimum Gasteiger partial charge on any atom is -0.476 e. The van der Waals surface area contributed by atoms with Crippen LogP contribution in [0.5, 0.6) is 5.88 Å². The summed E-state index contributed by atoms with van der Waals surface area (Å²) in [6.07, 6.45) is 6.44. The largest absolute Gasteiger partial charge is 0.476 e. The molecule has 1 aromatic carbocycles. The van der Waals surface area contributed by atoms with E-state index in [-0.39, 0.29) is 0 Å². The maximum absolute atomic E-state index is 11.2. The molecule has 2 rings (SSSR count). The molecule has 0 atom stereocenters. The number of aromatic nitrogens is 2. The Balaban J connectivity index is 2.43. The molecule has 0 spiro atoms. The molecule has 4 heteroatoms. The van der Waals surface area contributed by atoms with Crippen LogP contribution < -0.4 is 4.74 Å². The van der Waals surface area contributed by atoms with Crippen molar-refractivity contribution >= 4 is 6.29 Å². The van der Waals surface area contributed by atoms with Gasteiger partial charge in [-0.3, -0.25) is 4.79 Å². The number of nitrogens with zero attached hydrogens (tertiary/aromatic N) is 2.